The summed E-state index contributed by atoms with van der Waals surface area (Å²) in [5, 5.41) is 2.65. The van der Waals surface area contributed by atoms with Crippen LogP contribution in [0.25, 0.3) is 0 Å². The summed E-state index contributed by atoms with van der Waals surface area (Å²) in [6, 6.07) is 8.13. The molecule has 0 heterocycles. The third kappa shape index (κ3) is 7.31. The van der Waals surface area contributed by atoms with E-state index in [0.717, 1.165) is 0 Å². The second-order valence-corrected chi connectivity index (χ2v) is 5.99. The van der Waals surface area contributed by atoms with E-state index in [0.29, 0.717) is 12.4 Å². The highest BCUT2D eigenvalue weighted by Gasteiger charge is 2.25. The lowest BCUT2D eigenvalue weighted by atomic mass is 10.3. The van der Waals surface area contributed by atoms with E-state index in [-0.39, 0.29) is 0 Å². The fourth-order valence-electron chi connectivity index (χ4n) is 1.38. The predicted octanol–water partition coefficient (Wildman–Crippen LogP) is 3.46. The zero-order valence-corrected chi connectivity index (χ0v) is 13.6. The highest BCUT2D eigenvalue weighted by molar-refractivity contribution is 7.56. The minimum absolute atomic E-state index is 0.290. The average molecular weight is 301 g/mol. The van der Waals surface area contributed by atoms with Gasteiger partial charge in [0.15, 0.2) is 0 Å². The van der Waals surface area contributed by atoms with Gasteiger partial charge >= 0.3 is 13.5 Å². The number of rotatable bonds is 6. The molecule has 5 nitrogen and oxygen atoms in total. The van der Waals surface area contributed by atoms with E-state index in [2.05, 4.69) is 5.09 Å². The molecule has 0 bridgehead atoms. The van der Waals surface area contributed by atoms with Crippen LogP contribution in [0.1, 0.15) is 27.7 Å². The molecule has 6 heteroatoms. The van der Waals surface area contributed by atoms with Crippen molar-refractivity contribution in [3.8, 4) is 5.75 Å². The smallest absolute Gasteiger partial charge is 0.323 e. The molecule has 1 rings (SSSR count). The van der Waals surface area contributed by atoms with Crippen LogP contribution in [-0.2, 0) is 14.1 Å². The van der Waals surface area contributed by atoms with Crippen molar-refractivity contribution in [2.75, 3.05) is 13.3 Å². The highest BCUT2D eigenvalue weighted by atomic mass is 31.2. The van der Waals surface area contributed by atoms with Gasteiger partial charge in [-0.2, -0.15) is 0 Å². The van der Waals surface area contributed by atoms with Gasteiger partial charge in [0.2, 0.25) is 0 Å². The number of benzene rings is 1. The van der Waals surface area contributed by atoms with Crippen LogP contribution in [0.3, 0.4) is 0 Å². The van der Waals surface area contributed by atoms with Gasteiger partial charge in [-0.3, -0.25) is 9.36 Å². The summed E-state index contributed by atoms with van der Waals surface area (Å²) in [7, 11) is -3.10. The number of hydrogen-bond acceptors (Lipinski definition) is 4. The Hall–Kier alpha value is -1.32. The molecule has 1 N–H and O–H groups in total. The van der Waals surface area contributed by atoms with Gasteiger partial charge in [0.1, 0.15) is 11.8 Å². The van der Waals surface area contributed by atoms with E-state index in [1.165, 1.54) is 6.66 Å². The van der Waals surface area contributed by atoms with Gasteiger partial charge in [-0.15, -0.1) is 0 Å². The number of carbonyl (C=O) groups is 1. The highest BCUT2D eigenvalue weighted by Crippen LogP contribution is 2.39. The number of hydrogen-bond donors (Lipinski definition) is 1. The SMILES string of the molecule is CC.CCOC(=O)C(C)NP(C)(=O)Oc1ccccc1. The van der Waals surface area contributed by atoms with E-state index in [1.54, 1.807) is 38.1 Å². The number of esters is 1. The molecule has 0 spiro atoms. The Bertz CT molecular complexity index is 436. The zero-order valence-electron chi connectivity index (χ0n) is 12.8. The maximum absolute atomic E-state index is 12.2. The van der Waals surface area contributed by atoms with Gasteiger partial charge in [0.05, 0.1) is 6.61 Å². The molecule has 0 radical (unpaired) electrons. The molecule has 1 aromatic rings. The maximum Gasteiger partial charge on any atom is 0.323 e. The van der Waals surface area contributed by atoms with Crippen LogP contribution in [0.15, 0.2) is 30.3 Å². The third-order valence-corrected chi connectivity index (χ3v) is 3.51. The first-order chi connectivity index (χ1) is 9.44. The van der Waals surface area contributed by atoms with Gasteiger partial charge < -0.3 is 9.26 Å². The quantitative estimate of drug-likeness (QED) is 0.644. The summed E-state index contributed by atoms with van der Waals surface area (Å²) in [5.74, 6) is 0.0446. The van der Waals surface area contributed by atoms with E-state index < -0.39 is 19.5 Å². The summed E-state index contributed by atoms with van der Waals surface area (Å²) in [6.07, 6.45) is 0. The van der Waals surface area contributed by atoms with Gasteiger partial charge in [0, 0.05) is 6.66 Å². The lowest BCUT2D eigenvalue weighted by Crippen LogP contribution is -2.34. The maximum atomic E-state index is 12.2. The van der Waals surface area contributed by atoms with E-state index in [9.17, 15) is 9.36 Å². The molecule has 0 saturated heterocycles. The fraction of sp³-hybridized carbons (Fsp3) is 0.500. The first kappa shape index (κ1) is 18.7. The Balaban J connectivity index is 0.00000172. The van der Waals surface area contributed by atoms with Crippen molar-refractivity contribution in [3.63, 3.8) is 0 Å². The summed E-state index contributed by atoms with van der Waals surface area (Å²) >= 11 is 0. The molecule has 0 fully saturated rings. The lowest BCUT2D eigenvalue weighted by molar-refractivity contribution is -0.144. The molecule has 0 aromatic heterocycles. The van der Waals surface area contributed by atoms with Crippen LogP contribution >= 0.6 is 7.52 Å². The number of carbonyl (C=O) groups excluding carboxylic acids is 1. The predicted molar refractivity (Wildman–Crippen MR) is 81.2 cm³/mol. The Morgan fingerprint density at radius 1 is 1.30 bits per heavy atom. The standard InChI is InChI=1S/C12H18NO4P.C2H6/c1-4-16-12(14)10(2)13-18(3,15)17-11-8-6-5-7-9-11;1-2/h5-10H,4H2,1-3H3,(H,13,15);1-2H3. The topological polar surface area (TPSA) is 64.6 Å². The minimum Gasteiger partial charge on any atom is -0.465 e. The molecular formula is C14H24NO4P. The van der Waals surface area contributed by atoms with E-state index >= 15 is 0 Å². The molecule has 0 aliphatic rings. The molecule has 114 valence electrons. The fourth-order valence-corrected chi connectivity index (χ4v) is 2.77. The average Bonchev–Trinajstić information content (AvgIpc) is 2.41. The first-order valence-corrected chi connectivity index (χ1v) is 8.78. The number of ether oxygens (including phenoxy) is 1. The van der Waals surface area contributed by atoms with Crippen LogP contribution in [0.5, 0.6) is 5.75 Å². The second-order valence-electron chi connectivity index (χ2n) is 3.85. The van der Waals surface area contributed by atoms with Crippen molar-refractivity contribution in [1.82, 2.24) is 5.09 Å². The van der Waals surface area contributed by atoms with Crippen molar-refractivity contribution in [3.05, 3.63) is 30.3 Å². The van der Waals surface area contributed by atoms with Crippen LogP contribution in [-0.4, -0.2) is 25.3 Å². The molecule has 0 aliphatic carbocycles. The van der Waals surface area contributed by atoms with Crippen LogP contribution in [0.4, 0.5) is 0 Å². The van der Waals surface area contributed by atoms with Crippen molar-refractivity contribution in [2.24, 2.45) is 0 Å². The summed E-state index contributed by atoms with van der Waals surface area (Å²) in [6.45, 7) is 9.02. The Morgan fingerprint density at radius 3 is 2.35 bits per heavy atom. The molecule has 0 aliphatic heterocycles. The Morgan fingerprint density at radius 2 is 1.85 bits per heavy atom. The molecule has 0 saturated carbocycles. The third-order valence-electron chi connectivity index (χ3n) is 2.09. The summed E-state index contributed by atoms with van der Waals surface area (Å²) < 4.78 is 22.3. The Kier molecular flexibility index (Phi) is 8.93. The lowest BCUT2D eigenvalue weighted by Gasteiger charge is -2.20. The second kappa shape index (κ2) is 9.56. The van der Waals surface area contributed by atoms with Crippen LogP contribution in [0.2, 0.25) is 0 Å². The molecular weight excluding hydrogens is 277 g/mol. The van der Waals surface area contributed by atoms with Crippen LogP contribution in [0, 0.1) is 0 Å². The first-order valence-electron chi connectivity index (χ1n) is 6.71. The van der Waals surface area contributed by atoms with E-state index in [4.69, 9.17) is 9.26 Å². The van der Waals surface area contributed by atoms with Crippen molar-refractivity contribution in [1.29, 1.82) is 0 Å². The van der Waals surface area contributed by atoms with Gasteiger partial charge in [-0.05, 0) is 26.0 Å². The Labute approximate surface area is 121 Å². The molecule has 1 aromatic carbocycles. The van der Waals surface area contributed by atoms with Crippen LogP contribution < -0.4 is 9.61 Å². The molecule has 20 heavy (non-hydrogen) atoms. The number of nitrogens with one attached hydrogen (secondary N) is 1. The van der Waals surface area contributed by atoms with Crippen molar-refractivity contribution < 1.29 is 18.6 Å². The molecule has 0 amide bonds. The number of para-hydroxylation sites is 1. The molecule has 2 unspecified atom stereocenters. The van der Waals surface area contributed by atoms with E-state index in [1.807, 2.05) is 19.9 Å². The summed E-state index contributed by atoms with van der Waals surface area (Å²) in [4.78, 5) is 11.4. The van der Waals surface area contributed by atoms with Crippen molar-refractivity contribution in [2.45, 2.75) is 33.7 Å². The monoisotopic (exact) mass is 301 g/mol. The molecule has 2 atom stereocenters. The largest absolute Gasteiger partial charge is 0.465 e. The van der Waals surface area contributed by atoms with Gasteiger partial charge in [0.25, 0.3) is 0 Å². The van der Waals surface area contributed by atoms with Gasteiger partial charge in [-0.1, -0.05) is 32.0 Å². The zero-order chi connectivity index (χ0) is 15.6. The van der Waals surface area contributed by atoms with Crippen molar-refractivity contribution >= 4 is 13.5 Å². The minimum atomic E-state index is -3.10. The van der Waals surface area contributed by atoms with Gasteiger partial charge in [-0.25, -0.2) is 5.09 Å². The summed E-state index contributed by atoms with van der Waals surface area (Å²) in [5.41, 5.74) is 0. The normalized spacial score (nSPS) is 14.2.